The van der Waals surface area contributed by atoms with E-state index in [1.54, 1.807) is 13.0 Å². The second kappa shape index (κ2) is 7.15. The standard InChI is InChI=1S/C22H22FN3O3/c1-13-22(27)24-18-10-14(2-5-19(18)28-13)12-26-8-6-15(7-9-26)21-17-4-3-16(23)11-20(17)29-25-21/h2-5,10-11,13,15H,6-9,12H2,1H3,(H,24,27). The van der Waals surface area contributed by atoms with Crippen molar-refractivity contribution in [3.8, 4) is 5.75 Å². The Morgan fingerprint density at radius 2 is 2.03 bits per heavy atom. The summed E-state index contributed by atoms with van der Waals surface area (Å²) in [5.74, 6) is 0.607. The van der Waals surface area contributed by atoms with Crippen LogP contribution in [0.15, 0.2) is 40.9 Å². The SMILES string of the molecule is CC1Oc2ccc(CN3CCC(c4noc5cc(F)ccc45)CC3)cc2NC1=O. The van der Waals surface area contributed by atoms with Crippen LogP contribution in [-0.2, 0) is 11.3 Å². The van der Waals surface area contributed by atoms with Crippen LogP contribution in [0.1, 0.15) is 36.9 Å². The Hall–Kier alpha value is -2.93. The van der Waals surface area contributed by atoms with Gasteiger partial charge in [-0.3, -0.25) is 9.69 Å². The predicted octanol–water partition coefficient (Wildman–Crippen LogP) is 4.07. The molecule has 1 atom stereocenters. The molecule has 0 radical (unpaired) electrons. The molecule has 5 rings (SSSR count). The van der Waals surface area contributed by atoms with Crippen LogP contribution < -0.4 is 10.1 Å². The highest BCUT2D eigenvalue weighted by Gasteiger charge is 2.26. The smallest absolute Gasteiger partial charge is 0.265 e. The minimum absolute atomic E-state index is 0.116. The van der Waals surface area contributed by atoms with Crippen LogP contribution in [0.3, 0.4) is 0 Å². The van der Waals surface area contributed by atoms with Crippen molar-refractivity contribution in [3.63, 3.8) is 0 Å². The zero-order valence-corrected chi connectivity index (χ0v) is 16.2. The summed E-state index contributed by atoms with van der Waals surface area (Å²) in [6.07, 6.45) is 1.49. The first-order valence-electron chi connectivity index (χ1n) is 9.94. The van der Waals surface area contributed by atoms with Gasteiger partial charge in [-0.25, -0.2) is 4.39 Å². The van der Waals surface area contributed by atoms with Crippen LogP contribution in [0.25, 0.3) is 11.0 Å². The van der Waals surface area contributed by atoms with Crippen molar-refractivity contribution in [3.05, 3.63) is 53.5 Å². The van der Waals surface area contributed by atoms with Crippen molar-refractivity contribution in [2.24, 2.45) is 0 Å². The van der Waals surface area contributed by atoms with Gasteiger partial charge in [-0.15, -0.1) is 0 Å². The number of amides is 1. The van der Waals surface area contributed by atoms with E-state index in [1.165, 1.54) is 12.1 Å². The topological polar surface area (TPSA) is 67.6 Å². The molecule has 2 aliphatic rings. The Morgan fingerprint density at radius 3 is 2.86 bits per heavy atom. The number of piperidine rings is 1. The molecular weight excluding hydrogens is 373 g/mol. The quantitative estimate of drug-likeness (QED) is 0.724. The van der Waals surface area contributed by atoms with Crippen LogP contribution in [0, 0.1) is 5.82 Å². The fraction of sp³-hybridized carbons (Fsp3) is 0.364. The summed E-state index contributed by atoms with van der Waals surface area (Å²) in [4.78, 5) is 14.2. The van der Waals surface area contributed by atoms with E-state index in [2.05, 4.69) is 21.4 Å². The van der Waals surface area contributed by atoms with Crippen LogP contribution in [0.5, 0.6) is 5.75 Å². The molecule has 0 spiro atoms. The molecule has 0 saturated carbocycles. The van der Waals surface area contributed by atoms with E-state index >= 15 is 0 Å². The van der Waals surface area contributed by atoms with E-state index in [0.717, 1.165) is 54.8 Å². The lowest BCUT2D eigenvalue weighted by atomic mass is 9.91. The summed E-state index contributed by atoms with van der Waals surface area (Å²) < 4.78 is 24.3. The fourth-order valence-electron chi connectivity index (χ4n) is 4.20. The molecule has 1 amide bonds. The van der Waals surface area contributed by atoms with Crippen molar-refractivity contribution in [1.29, 1.82) is 0 Å². The highest BCUT2D eigenvalue weighted by Crippen LogP contribution is 2.34. The van der Waals surface area contributed by atoms with Crippen LogP contribution in [-0.4, -0.2) is 35.2 Å². The van der Waals surface area contributed by atoms with Crippen molar-refractivity contribution < 1.29 is 18.4 Å². The lowest BCUT2D eigenvalue weighted by Gasteiger charge is -2.31. The number of hydrogen-bond acceptors (Lipinski definition) is 5. The summed E-state index contributed by atoms with van der Waals surface area (Å²) in [6, 6.07) is 10.6. The minimum Gasteiger partial charge on any atom is -0.479 e. The van der Waals surface area contributed by atoms with Gasteiger partial charge in [0.2, 0.25) is 0 Å². The summed E-state index contributed by atoms with van der Waals surface area (Å²) >= 11 is 0. The lowest BCUT2D eigenvalue weighted by molar-refractivity contribution is -0.122. The third-order valence-corrected chi connectivity index (χ3v) is 5.82. The average Bonchev–Trinajstić information content (AvgIpc) is 3.13. The number of nitrogens with zero attached hydrogens (tertiary/aromatic N) is 2. The Morgan fingerprint density at radius 1 is 1.21 bits per heavy atom. The maximum atomic E-state index is 13.4. The number of anilines is 1. The molecule has 0 bridgehead atoms. The van der Waals surface area contributed by atoms with E-state index in [1.807, 2.05) is 12.1 Å². The van der Waals surface area contributed by atoms with E-state index in [4.69, 9.17) is 9.26 Å². The first-order valence-corrected chi connectivity index (χ1v) is 9.94. The second-order valence-corrected chi connectivity index (χ2v) is 7.84. The van der Waals surface area contributed by atoms with Gasteiger partial charge in [-0.05, 0) is 62.7 Å². The number of fused-ring (bicyclic) bond motifs is 2. The van der Waals surface area contributed by atoms with Crippen molar-refractivity contribution >= 4 is 22.6 Å². The zero-order valence-electron chi connectivity index (χ0n) is 16.2. The van der Waals surface area contributed by atoms with Gasteiger partial charge in [-0.1, -0.05) is 11.2 Å². The van der Waals surface area contributed by atoms with Crippen LogP contribution in [0.4, 0.5) is 10.1 Å². The number of carbonyl (C=O) groups is 1. The Bertz CT molecular complexity index is 1070. The molecule has 1 unspecified atom stereocenters. The third-order valence-electron chi connectivity index (χ3n) is 5.82. The van der Waals surface area contributed by atoms with Gasteiger partial charge in [0.15, 0.2) is 11.7 Å². The maximum Gasteiger partial charge on any atom is 0.265 e. The molecule has 6 nitrogen and oxygen atoms in total. The van der Waals surface area contributed by atoms with Gasteiger partial charge in [-0.2, -0.15) is 0 Å². The molecule has 1 fully saturated rings. The Labute approximate surface area is 167 Å². The molecule has 3 aromatic rings. The minimum atomic E-state index is -0.462. The van der Waals surface area contributed by atoms with Gasteiger partial charge in [0, 0.05) is 23.9 Å². The number of halogens is 1. The predicted molar refractivity (Wildman–Crippen MR) is 106 cm³/mol. The molecule has 7 heteroatoms. The Kier molecular flexibility index (Phi) is 4.47. The molecular formula is C22H22FN3O3. The molecule has 1 aromatic heterocycles. The van der Waals surface area contributed by atoms with E-state index in [-0.39, 0.29) is 11.7 Å². The van der Waals surface area contributed by atoms with Crippen molar-refractivity contribution in [1.82, 2.24) is 10.1 Å². The number of nitrogens with one attached hydrogen (secondary N) is 1. The summed E-state index contributed by atoms with van der Waals surface area (Å²) in [7, 11) is 0. The van der Waals surface area contributed by atoms with E-state index in [9.17, 15) is 9.18 Å². The number of hydrogen-bond donors (Lipinski definition) is 1. The third kappa shape index (κ3) is 3.46. The first kappa shape index (κ1) is 18.1. The molecule has 29 heavy (non-hydrogen) atoms. The van der Waals surface area contributed by atoms with E-state index in [0.29, 0.717) is 17.3 Å². The van der Waals surface area contributed by atoms with Gasteiger partial charge in [0.1, 0.15) is 11.6 Å². The highest BCUT2D eigenvalue weighted by molar-refractivity contribution is 5.97. The van der Waals surface area contributed by atoms with Crippen LogP contribution >= 0.6 is 0 Å². The number of likely N-dealkylation sites (tertiary alicyclic amines) is 1. The lowest BCUT2D eigenvalue weighted by Crippen LogP contribution is -2.35. The van der Waals surface area contributed by atoms with Gasteiger partial charge < -0.3 is 14.6 Å². The van der Waals surface area contributed by atoms with Crippen LogP contribution in [0.2, 0.25) is 0 Å². The summed E-state index contributed by atoms with van der Waals surface area (Å²) in [5.41, 5.74) is 3.32. The van der Waals surface area contributed by atoms with Gasteiger partial charge in [0.05, 0.1) is 11.4 Å². The van der Waals surface area contributed by atoms with Gasteiger partial charge in [0.25, 0.3) is 5.91 Å². The van der Waals surface area contributed by atoms with Gasteiger partial charge >= 0.3 is 0 Å². The number of rotatable bonds is 3. The molecule has 150 valence electrons. The maximum absolute atomic E-state index is 13.4. The zero-order chi connectivity index (χ0) is 20.0. The normalized spacial score (nSPS) is 20.3. The molecule has 1 N–H and O–H groups in total. The molecule has 0 aliphatic carbocycles. The Balaban J connectivity index is 1.24. The molecule has 2 aliphatic heterocycles. The monoisotopic (exact) mass is 395 g/mol. The first-order chi connectivity index (χ1) is 14.1. The van der Waals surface area contributed by atoms with Crippen molar-refractivity contribution in [2.75, 3.05) is 18.4 Å². The van der Waals surface area contributed by atoms with E-state index < -0.39 is 6.10 Å². The largest absolute Gasteiger partial charge is 0.479 e. The molecule has 2 aromatic carbocycles. The second-order valence-electron chi connectivity index (χ2n) is 7.84. The summed E-state index contributed by atoms with van der Waals surface area (Å²) in [6.45, 7) is 4.44. The molecule has 1 saturated heterocycles. The number of aromatic nitrogens is 1. The number of carbonyl (C=O) groups excluding carboxylic acids is 1. The fourth-order valence-corrected chi connectivity index (χ4v) is 4.20. The summed E-state index contributed by atoms with van der Waals surface area (Å²) in [5, 5.41) is 8.03. The molecule has 3 heterocycles. The van der Waals surface area contributed by atoms with Crippen molar-refractivity contribution in [2.45, 2.75) is 38.3 Å². The number of benzene rings is 2. The average molecular weight is 395 g/mol. The highest BCUT2D eigenvalue weighted by atomic mass is 19.1. The number of ether oxygens (including phenoxy) is 1.